The van der Waals surface area contributed by atoms with E-state index in [1.54, 1.807) is 18.3 Å². The van der Waals surface area contributed by atoms with Crippen LogP contribution in [0.25, 0.3) is 11.3 Å². The SMILES string of the molecule is N=C(c1c(N)cc(NCc2ccn(CC(=O)O)n2)nc1-c1ccc(Oc2ccccc2)cc1)N1CC1. The van der Waals surface area contributed by atoms with Crippen LogP contribution in [0.4, 0.5) is 11.5 Å². The lowest BCUT2D eigenvalue weighted by Crippen LogP contribution is -2.16. The van der Waals surface area contributed by atoms with E-state index in [1.165, 1.54) is 4.68 Å². The number of amidine groups is 1. The summed E-state index contributed by atoms with van der Waals surface area (Å²) in [6.07, 6.45) is 1.62. The van der Waals surface area contributed by atoms with Gasteiger partial charge in [0.05, 0.1) is 23.5 Å². The number of hydrogen-bond acceptors (Lipinski definition) is 7. The number of nitrogens with zero attached hydrogens (tertiary/aromatic N) is 4. The van der Waals surface area contributed by atoms with Crippen LogP contribution in [-0.4, -0.2) is 49.7 Å². The van der Waals surface area contributed by atoms with Crippen molar-refractivity contribution in [3.8, 4) is 22.8 Å². The molecule has 2 aromatic heterocycles. The summed E-state index contributed by atoms with van der Waals surface area (Å²) in [5, 5.41) is 25.0. The van der Waals surface area contributed by atoms with Crippen LogP contribution in [0.1, 0.15) is 11.3 Å². The number of hydrogen-bond donors (Lipinski definition) is 4. The summed E-state index contributed by atoms with van der Waals surface area (Å²) >= 11 is 0. The van der Waals surface area contributed by atoms with Gasteiger partial charge in [-0.2, -0.15) is 5.10 Å². The molecule has 10 nitrogen and oxygen atoms in total. The van der Waals surface area contributed by atoms with E-state index in [0.717, 1.165) is 24.4 Å². The van der Waals surface area contributed by atoms with E-state index in [2.05, 4.69) is 10.4 Å². The van der Waals surface area contributed by atoms with Gasteiger partial charge >= 0.3 is 5.97 Å². The van der Waals surface area contributed by atoms with E-state index in [-0.39, 0.29) is 6.54 Å². The molecule has 0 amide bonds. The predicted molar refractivity (Wildman–Crippen MR) is 136 cm³/mol. The minimum atomic E-state index is -0.957. The van der Waals surface area contributed by atoms with Crippen molar-refractivity contribution in [3.63, 3.8) is 0 Å². The standard InChI is InChI=1S/C26H25N7O3/c27-21-14-22(29-15-18-10-11-33(31-18)16-23(34)35)30-25(24(21)26(28)32-12-13-32)17-6-8-20(9-7-17)36-19-4-2-1-3-5-19/h1-11,14,28H,12-13,15-16H2,(H,34,35)(H3,27,29,30). The highest BCUT2D eigenvalue weighted by atomic mass is 16.5. The van der Waals surface area contributed by atoms with Crippen molar-refractivity contribution >= 4 is 23.3 Å². The molecule has 10 heteroatoms. The van der Waals surface area contributed by atoms with Crippen molar-refractivity contribution in [1.29, 1.82) is 5.41 Å². The number of para-hydroxylation sites is 1. The van der Waals surface area contributed by atoms with Gasteiger partial charge in [-0.05, 0) is 42.5 Å². The van der Waals surface area contributed by atoms with Crippen LogP contribution in [0.3, 0.4) is 0 Å². The molecule has 0 saturated carbocycles. The van der Waals surface area contributed by atoms with Gasteiger partial charge in [0, 0.05) is 36.6 Å². The number of ether oxygens (including phenoxy) is 1. The molecule has 3 heterocycles. The van der Waals surface area contributed by atoms with Crippen LogP contribution in [0.5, 0.6) is 11.5 Å². The Bertz CT molecular complexity index is 1400. The van der Waals surface area contributed by atoms with Crippen LogP contribution < -0.4 is 15.8 Å². The Labute approximate surface area is 207 Å². The van der Waals surface area contributed by atoms with E-state index < -0.39 is 5.97 Å². The van der Waals surface area contributed by atoms with Crippen LogP contribution >= 0.6 is 0 Å². The molecule has 182 valence electrons. The first-order valence-corrected chi connectivity index (χ1v) is 11.4. The third kappa shape index (κ3) is 5.27. The number of benzene rings is 2. The molecule has 0 aliphatic carbocycles. The quantitative estimate of drug-likeness (QED) is 0.161. The van der Waals surface area contributed by atoms with Gasteiger partial charge in [-0.25, -0.2) is 4.98 Å². The van der Waals surface area contributed by atoms with Gasteiger partial charge in [0.2, 0.25) is 0 Å². The molecule has 0 unspecified atom stereocenters. The molecule has 5 N–H and O–H groups in total. The summed E-state index contributed by atoms with van der Waals surface area (Å²) in [6, 6.07) is 20.5. The van der Waals surface area contributed by atoms with Crippen molar-refractivity contribution in [2.45, 2.75) is 13.1 Å². The summed E-state index contributed by atoms with van der Waals surface area (Å²) in [5.41, 5.74) is 9.52. The van der Waals surface area contributed by atoms with Gasteiger partial charge < -0.3 is 25.8 Å². The summed E-state index contributed by atoms with van der Waals surface area (Å²) < 4.78 is 7.26. The monoisotopic (exact) mass is 483 g/mol. The van der Waals surface area contributed by atoms with Crippen LogP contribution in [0.15, 0.2) is 72.9 Å². The smallest absolute Gasteiger partial charge is 0.325 e. The topological polar surface area (TPSA) is 142 Å². The van der Waals surface area contributed by atoms with E-state index >= 15 is 0 Å². The highest BCUT2D eigenvalue weighted by molar-refractivity contribution is 6.07. The van der Waals surface area contributed by atoms with Gasteiger partial charge in [0.15, 0.2) is 0 Å². The molecule has 0 spiro atoms. The lowest BCUT2D eigenvalue weighted by molar-refractivity contribution is -0.137. The predicted octanol–water partition coefficient (Wildman–Crippen LogP) is 3.66. The lowest BCUT2D eigenvalue weighted by Gasteiger charge is -2.16. The Kier molecular flexibility index (Phi) is 6.23. The molecule has 4 aromatic rings. The maximum absolute atomic E-state index is 10.9. The van der Waals surface area contributed by atoms with Gasteiger partial charge in [0.1, 0.15) is 29.7 Å². The maximum atomic E-state index is 10.9. The molecule has 0 radical (unpaired) electrons. The molecular weight excluding hydrogens is 458 g/mol. The average molecular weight is 484 g/mol. The molecule has 1 saturated heterocycles. The molecule has 0 bridgehead atoms. The number of aromatic nitrogens is 3. The minimum Gasteiger partial charge on any atom is -0.480 e. The molecule has 36 heavy (non-hydrogen) atoms. The second-order valence-electron chi connectivity index (χ2n) is 8.35. The zero-order valence-electron chi connectivity index (χ0n) is 19.4. The Balaban J connectivity index is 1.41. The normalized spacial score (nSPS) is 12.3. The molecule has 0 atom stereocenters. The Morgan fingerprint density at radius 3 is 2.50 bits per heavy atom. The summed E-state index contributed by atoms with van der Waals surface area (Å²) in [5.74, 6) is 1.35. The van der Waals surface area contributed by atoms with Crippen molar-refractivity contribution in [2.75, 3.05) is 24.1 Å². The first kappa shape index (κ1) is 22.9. The molecule has 1 aliphatic heterocycles. The number of pyridine rings is 1. The minimum absolute atomic E-state index is 0.202. The van der Waals surface area contributed by atoms with Crippen molar-refractivity contribution in [3.05, 3.63) is 84.2 Å². The van der Waals surface area contributed by atoms with Crippen LogP contribution in [0, 0.1) is 5.41 Å². The fourth-order valence-corrected chi connectivity index (χ4v) is 3.76. The number of carboxylic acids is 1. The fraction of sp³-hybridized carbons (Fsp3) is 0.154. The summed E-state index contributed by atoms with van der Waals surface area (Å²) in [4.78, 5) is 17.6. The molecule has 2 aromatic carbocycles. The second-order valence-corrected chi connectivity index (χ2v) is 8.35. The zero-order valence-corrected chi connectivity index (χ0v) is 19.4. The number of rotatable bonds is 9. The Hall–Kier alpha value is -4.86. The number of carboxylic acid groups (broad SMARTS) is 1. The Morgan fingerprint density at radius 2 is 1.81 bits per heavy atom. The maximum Gasteiger partial charge on any atom is 0.325 e. The number of nitrogens with two attached hydrogens (primary N) is 1. The van der Waals surface area contributed by atoms with Gasteiger partial charge in [-0.15, -0.1) is 0 Å². The Morgan fingerprint density at radius 1 is 1.08 bits per heavy atom. The van der Waals surface area contributed by atoms with E-state index in [9.17, 15) is 4.79 Å². The van der Waals surface area contributed by atoms with Crippen LogP contribution in [0.2, 0.25) is 0 Å². The number of anilines is 2. The molecule has 1 aliphatic rings. The number of nitrogen functional groups attached to an aromatic ring is 1. The van der Waals surface area contributed by atoms with Crippen LogP contribution in [-0.2, 0) is 17.9 Å². The van der Waals surface area contributed by atoms with E-state index in [1.807, 2.05) is 59.5 Å². The molecular formula is C26H25N7O3. The fourth-order valence-electron chi connectivity index (χ4n) is 3.76. The highest BCUT2D eigenvalue weighted by Gasteiger charge is 2.27. The summed E-state index contributed by atoms with van der Waals surface area (Å²) in [7, 11) is 0. The largest absolute Gasteiger partial charge is 0.480 e. The van der Waals surface area contributed by atoms with E-state index in [4.69, 9.17) is 26.0 Å². The average Bonchev–Trinajstić information content (AvgIpc) is 3.63. The van der Waals surface area contributed by atoms with Crippen molar-refractivity contribution < 1.29 is 14.6 Å². The first-order valence-electron chi connectivity index (χ1n) is 11.4. The van der Waals surface area contributed by atoms with Gasteiger partial charge in [-0.1, -0.05) is 18.2 Å². The second kappa shape index (κ2) is 9.79. The van der Waals surface area contributed by atoms with Crippen molar-refractivity contribution in [2.24, 2.45) is 0 Å². The van der Waals surface area contributed by atoms with Gasteiger partial charge in [-0.3, -0.25) is 14.9 Å². The third-order valence-corrected chi connectivity index (χ3v) is 5.60. The number of carbonyl (C=O) groups is 1. The summed E-state index contributed by atoms with van der Waals surface area (Å²) in [6.45, 7) is 1.78. The van der Waals surface area contributed by atoms with Crippen molar-refractivity contribution in [1.82, 2.24) is 19.7 Å². The first-order chi connectivity index (χ1) is 17.5. The van der Waals surface area contributed by atoms with E-state index in [0.29, 0.717) is 46.6 Å². The highest BCUT2D eigenvalue weighted by Crippen LogP contribution is 2.33. The number of aliphatic carboxylic acids is 1. The molecule has 1 fully saturated rings. The molecule has 5 rings (SSSR count). The third-order valence-electron chi connectivity index (χ3n) is 5.60. The van der Waals surface area contributed by atoms with Gasteiger partial charge in [0.25, 0.3) is 0 Å². The lowest BCUT2D eigenvalue weighted by atomic mass is 10.0. The zero-order chi connectivity index (χ0) is 25.1. The number of nitrogens with one attached hydrogen (secondary N) is 2.